The van der Waals surface area contributed by atoms with Crippen LogP contribution in [0, 0.1) is 0 Å². The molecule has 1 aromatic heterocycles. The number of carbonyl (C=O) groups excluding carboxylic acids is 2. The molecule has 2 aromatic rings. The van der Waals surface area contributed by atoms with Gasteiger partial charge in [-0.2, -0.15) is 0 Å². The molecule has 2 rings (SSSR count). The summed E-state index contributed by atoms with van der Waals surface area (Å²) < 4.78 is 0.875. The maximum absolute atomic E-state index is 12.4. The second-order valence-electron chi connectivity index (χ2n) is 5.12. The van der Waals surface area contributed by atoms with Gasteiger partial charge < -0.3 is 10.2 Å². The SMILES string of the molecule is CC(NC(=O)c1ccc(Br)s1)C(=O)N(C)Cc1cccc(Cl)c1. The molecule has 1 atom stereocenters. The van der Waals surface area contributed by atoms with Crippen LogP contribution in [0.5, 0.6) is 0 Å². The van der Waals surface area contributed by atoms with E-state index in [2.05, 4.69) is 21.2 Å². The molecule has 0 saturated carbocycles. The van der Waals surface area contributed by atoms with Crippen LogP contribution in [0.3, 0.4) is 0 Å². The molecule has 122 valence electrons. The first kappa shape index (κ1) is 18.0. The highest BCUT2D eigenvalue weighted by Gasteiger charge is 2.21. The maximum atomic E-state index is 12.4. The molecular formula is C16H16BrClN2O2S. The molecule has 23 heavy (non-hydrogen) atoms. The zero-order valence-corrected chi connectivity index (χ0v) is 15.8. The molecule has 0 bridgehead atoms. The zero-order chi connectivity index (χ0) is 17.0. The zero-order valence-electron chi connectivity index (χ0n) is 12.7. The number of halogens is 2. The van der Waals surface area contributed by atoms with E-state index >= 15 is 0 Å². The Kier molecular flexibility index (Phi) is 6.21. The second kappa shape index (κ2) is 7.95. The first-order valence-electron chi connectivity index (χ1n) is 6.92. The summed E-state index contributed by atoms with van der Waals surface area (Å²) in [7, 11) is 1.70. The van der Waals surface area contributed by atoms with E-state index < -0.39 is 6.04 Å². The first-order chi connectivity index (χ1) is 10.9. The smallest absolute Gasteiger partial charge is 0.262 e. The van der Waals surface area contributed by atoms with E-state index in [9.17, 15) is 9.59 Å². The molecule has 0 aliphatic rings. The number of benzene rings is 1. The van der Waals surface area contributed by atoms with Crippen molar-refractivity contribution in [2.75, 3.05) is 7.05 Å². The maximum Gasteiger partial charge on any atom is 0.262 e. The van der Waals surface area contributed by atoms with Crippen molar-refractivity contribution in [2.45, 2.75) is 19.5 Å². The lowest BCUT2D eigenvalue weighted by atomic mass is 10.2. The minimum Gasteiger partial charge on any atom is -0.340 e. The van der Waals surface area contributed by atoms with Gasteiger partial charge in [-0.25, -0.2) is 0 Å². The van der Waals surface area contributed by atoms with E-state index in [1.807, 2.05) is 18.2 Å². The Hall–Kier alpha value is -1.37. The summed E-state index contributed by atoms with van der Waals surface area (Å²) in [6, 6.07) is 10.3. The Balaban J connectivity index is 1.94. The van der Waals surface area contributed by atoms with Gasteiger partial charge in [-0.15, -0.1) is 11.3 Å². The van der Waals surface area contributed by atoms with Crippen molar-refractivity contribution in [3.8, 4) is 0 Å². The fourth-order valence-corrected chi connectivity index (χ4v) is 3.59. The molecule has 7 heteroatoms. The highest BCUT2D eigenvalue weighted by Crippen LogP contribution is 2.22. The van der Waals surface area contributed by atoms with E-state index in [0.717, 1.165) is 9.35 Å². The van der Waals surface area contributed by atoms with Crippen LogP contribution in [0.4, 0.5) is 0 Å². The van der Waals surface area contributed by atoms with Crippen molar-refractivity contribution in [3.05, 3.63) is 55.6 Å². The minimum atomic E-state index is -0.604. The van der Waals surface area contributed by atoms with Gasteiger partial charge in [0, 0.05) is 18.6 Å². The van der Waals surface area contributed by atoms with Crippen molar-refractivity contribution in [3.63, 3.8) is 0 Å². The van der Waals surface area contributed by atoms with Crippen molar-refractivity contribution in [1.82, 2.24) is 10.2 Å². The van der Waals surface area contributed by atoms with Gasteiger partial charge in [-0.3, -0.25) is 9.59 Å². The van der Waals surface area contributed by atoms with Gasteiger partial charge in [0.25, 0.3) is 5.91 Å². The van der Waals surface area contributed by atoms with E-state index in [1.54, 1.807) is 37.1 Å². The number of amides is 2. The third kappa shape index (κ3) is 5.06. The van der Waals surface area contributed by atoms with Crippen LogP contribution in [-0.2, 0) is 11.3 Å². The van der Waals surface area contributed by atoms with Crippen LogP contribution < -0.4 is 5.32 Å². The number of likely N-dealkylation sites (N-methyl/N-ethyl adjacent to an activating group) is 1. The lowest BCUT2D eigenvalue weighted by molar-refractivity contribution is -0.132. The van der Waals surface area contributed by atoms with Gasteiger partial charge in [0.2, 0.25) is 5.91 Å². The largest absolute Gasteiger partial charge is 0.340 e. The van der Waals surface area contributed by atoms with Crippen LogP contribution in [0.1, 0.15) is 22.2 Å². The number of thiophene rings is 1. The Morgan fingerprint density at radius 2 is 2.09 bits per heavy atom. The third-order valence-corrected chi connectivity index (χ3v) is 5.06. The van der Waals surface area contributed by atoms with Crippen LogP contribution in [-0.4, -0.2) is 29.8 Å². The molecular weight excluding hydrogens is 400 g/mol. The van der Waals surface area contributed by atoms with E-state index in [-0.39, 0.29) is 11.8 Å². The summed E-state index contributed by atoms with van der Waals surface area (Å²) >= 11 is 10.6. The molecule has 0 aliphatic carbocycles. The summed E-state index contributed by atoms with van der Waals surface area (Å²) in [5.74, 6) is -0.411. The molecule has 1 N–H and O–H groups in total. The molecule has 4 nitrogen and oxygen atoms in total. The predicted octanol–water partition coefficient (Wildman–Crippen LogP) is 3.94. The molecule has 0 aliphatic heterocycles. The monoisotopic (exact) mass is 414 g/mol. The highest BCUT2D eigenvalue weighted by molar-refractivity contribution is 9.11. The number of rotatable bonds is 5. The summed E-state index contributed by atoms with van der Waals surface area (Å²) in [5, 5.41) is 3.35. The van der Waals surface area contributed by atoms with Crippen molar-refractivity contribution >= 4 is 50.7 Å². The summed E-state index contributed by atoms with van der Waals surface area (Å²) in [6.07, 6.45) is 0. The Labute approximate surface area is 152 Å². The Morgan fingerprint density at radius 1 is 1.35 bits per heavy atom. The second-order valence-corrected chi connectivity index (χ2v) is 8.02. The predicted molar refractivity (Wildman–Crippen MR) is 96.9 cm³/mol. The Morgan fingerprint density at radius 3 is 2.70 bits per heavy atom. The normalized spacial score (nSPS) is 11.8. The van der Waals surface area contributed by atoms with Crippen molar-refractivity contribution in [2.24, 2.45) is 0 Å². The quantitative estimate of drug-likeness (QED) is 0.804. The van der Waals surface area contributed by atoms with Crippen LogP contribution in [0.2, 0.25) is 5.02 Å². The summed E-state index contributed by atoms with van der Waals surface area (Å²) in [5.41, 5.74) is 0.939. The van der Waals surface area contributed by atoms with Gasteiger partial charge in [0.05, 0.1) is 8.66 Å². The number of nitrogens with one attached hydrogen (secondary N) is 1. The fraction of sp³-hybridized carbons (Fsp3) is 0.250. The average molecular weight is 416 g/mol. The van der Waals surface area contributed by atoms with Crippen LogP contribution >= 0.6 is 38.9 Å². The van der Waals surface area contributed by atoms with Crippen molar-refractivity contribution in [1.29, 1.82) is 0 Å². The van der Waals surface area contributed by atoms with E-state index in [4.69, 9.17) is 11.6 Å². The van der Waals surface area contributed by atoms with Crippen LogP contribution in [0.25, 0.3) is 0 Å². The van der Waals surface area contributed by atoms with Crippen LogP contribution in [0.15, 0.2) is 40.2 Å². The minimum absolute atomic E-state index is 0.158. The molecule has 1 unspecified atom stereocenters. The topological polar surface area (TPSA) is 49.4 Å². The molecule has 0 spiro atoms. The molecule has 1 aromatic carbocycles. The van der Waals surface area contributed by atoms with Crippen molar-refractivity contribution < 1.29 is 9.59 Å². The third-order valence-electron chi connectivity index (χ3n) is 3.20. The highest BCUT2D eigenvalue weighted by atomic mass is 79.9. The van der Waals surface area contributed by atoms with Gasteiger partial charge in [0.1, 0.15) is 6.04 Å². The van der Waals surface area contributed by atoms with Gasteiger partial charge in [-0.05, 0) is 52.7 Å². The molecule has 0 saturated heterocycles. The van der Waals surface area contributed by atoms with Gasteiger partial charge >= 0.3 is 0 Å². The molecule has 1 heterocycles. The van der Waals surface area contributed by atoms with Gasteiger partial charge in [-0.1, -0.05) is 23.7 Å². The lowest BCUT2D eigenvalue weighted by Gasteiger charge is -2.22. The molecule has 2 amide bonds. The number of nitrogens with zero attached hydrogens (tertiary/aromatic N) is 1. The summed E-state index contributed by atoms with van der Waals surface area (Å²) in [4.78, 5) is 26.6. The Bertz CT molecular complexity index is 720. The van der Waals surface area contributed by atoms with Gasteiger partial charge in [0.15, 0.2) is 0 Å². The summed E-state index contributed by atoms with van der Waals surface area (Å²) in [6.45, 7) is 2.11. The number of hydrogen-bond acceptors (Lipinski definition) is 3. The standard InChI is InChI=1S/C16H16BrClN2O2S/c1-10(19-15(21)13-6-7-14(17)23-13)16(22)20(2)9-11-4-3-5-12(18)8-11/h3-8,10H,9H2,1-2H3,(H,19,21). The van der Waals surface area contributed by atoms with E-state index in [1.165, 1.54) is 11.3 Å². The fourth-order valence-electron chi connectivity index (χ4n) is 2.08. The number of hydrogen-bond donors (Lipinski definition) is 1. The molecule has 0 radical (unpaired) electrons. The average Bonchev–Trinajstić information content (AvgIpc) is 2.93. The first-order valence-corrected chi connectivity index (χ1v) is 8.91. The van der Waals surface area contributed by atoms with E-state index in [0.29, 0.717) is 16.4 Å². The molecule has 0 fully saturated rings. The lowest BCUT2D eigenvalue weighted by Crippen LogP contribution is -2.45. The number of carbonyl (C=O) groups is 2.